The number of aromatic amines is 1. The molecule has 0 amide bonds. The SMILES string of the molecule is CC[C@H]1O[C@@H](n2cc(C)c(=O)[nH]c2=O)[C@@H](OCCOC)C1O[P@]1O[C@H](C[Si](C)(c2ccccc2)c2ccccc2)[C@@H]2CCCN21. The molecule has 12 heteroatoms. The maximum absolute atomic E-state index is 12.9. The fourth-order valence-corrected chi connectivity index (χ4v) is 13.0. The topological polar surface area (TPSA) is 104 Å². The van der Waals surface area contributed by atoms with Crippen LogP contribution in [-0.4, -0.2) is 79.6 Å². The van der Waals surface area contributed by atoms with Gasteiger partial charge in [0.25, 0.3) is 14.1 Å². The van der Waals surface area contributed by atoms with Gasteiger partial charge in [-0.15, -0.1) is 0 Å². The number of fused-ring (bicyclic) bond motifs is 1. The summed E-state index contributed by atoms with van der Waals surface area (Å²) in [5.74, 6) is 0. The van der Waals surface area contributed by atoms with Crippen LogP contribution in [0.15, 0.2) is 76.4 Å². The first-order valence-corrected chi connectivity index (χ1v) is 19.8. The number of methoxy groups -OCH3 is 1. The highest BCUT2D eigenvalue weighted by atomic mass is 31.2. The van der Waals surface area contributed by atoms with Crippen molar-refractivity contribution in [1.29, 1.82) is 0 Å². The summed E-state index contributed by atoms with van der Waals surface area (Å²) in [4.78, 5) is 27.5. The summed E-state index contributed by atoms with van der Waals surface area (Å²) < 4.78 is 35.8. The van der Waals surface area contributed by atoms with Gasteiger partial charge in [-0.25, -0.2) is 9.46 Å². The van der Waals surface area contributed by atoms with Gasteiger partial charge in [0.1, 0.15) is 20.3 Å². The minimum Gasteiger partial charge on any atom is -0.382 e. The van der Waals surface area contributed by atoms with Gasteiger partial charge in [-0.2, -0.15) is 0 Å². The maximum Gasteiger partial charge on any atom is 0.330 e. The van der Waals surface area contributed by atoms with Crippen molar-refractivity contribution < 1.29 is 23.3 Å². The lowest BCUT2D eigenvalue weighted by Gasteiger charge is -2.32. The molecule has 7 atom stereocenters. The molecule has 3 aliphatic rings. The molecule has 1 N–H and O–H groups in total. The molecule has 2 aromatic carbocycles. The fraction of sp³-hybridized carbons (Fsp3) is 0.515. The van der Waals surface area contributed by atoms with E-state index in [0.717, 1.165) is 25.4 Å². The van der Waals surface area contributed by atoms with E-state index in [1.807, 2.05) is 6.92 Å². The van der Waals surface area contributed by atoms with Crippen LogP contribution in [0.25, 0.3) is 0 Å². The molecule has 3 aliphatic heterocycles. The summed E-state index contributed by atoms with van der Waals surface area (Å²) in [6.07, 6.45) is 2.22. The molecule has 6 rings (SSSR count). The van der Waals surface area contributed by atoms with Crippen LogP contribution in [0.2, 0.25) is 12.6 Å². The third-order valence-corrected chi connectivity index (χ3v) is 15.7. The first-order valence-electron chi connectivity index (χ1n) is 15.9. The number of hydrogen-bond donors (Lipinski definition) is 1. The minimum absolute atomic E-state index is 0.0335. The molecule has 4 heterocycles. The summed E-state index contributed by atoms with van der Waals surface area (Å²) >= 11 is 0. The van der Waals surface area contributed by atoms with E-state index in [-0.39, 0.29) is 18.2 Å². The zero-order chi connectivity index (χ0) is 31.6. The Bertz CT molecular complexity index is 1500. The molecule has 0 saturated carbocycles. The van der Waals surface area contributed by atoms with Crippen molar-refractivity contribution in [2.24, 2.45) is 0 Å². The van der Waals surface area contributed by atoms with E-state index >= 15 is 0 Å². The number of aromatic nitrogens is 2. The predicted octanol–water partition coefficient (Wildman–Crippen LogP) is 3.55. The van der Waals surface area contributed by atoms with E-state index in [9.17, 15) is 9.59 Å². The normalized spacial score (nSPS) is 28.5. The Morgan fingerprint density at radius 3 is 2.33 bits per heavy atom. The molecular weight excluding hydrogens is 609 g/mol. The molecule has 10 nitrogen and oxygen atoms in total. The summed E-state index contributed by atoms with van der Waals surface area (Å²) in [7, 11) is -1.93. The lowest BCUT2D eigenvalue weighted by molar-refractivity contribution is -0.0782. The standard InChI is InChI=1S/C33H44N3O7PSi/c1-5-27-29(30(40-20-19-39-3)32(41-27)35-21-23(2)31(37)34-33(35)38)43-44-36-18-12-17-26(36)28(42-44)22-45(4,24-13-8-6-9-14-24)25-15-10-7-11-16-25/h6-11,13-16,21,26-30,32H,5,12,17-20,22H2,1-4H3,(H,34,37,38)/t26-,27+,28+,29?,30-,32+,44-/m0/s1. The molecule has 242 valence electrons. The second kappa shape index (κ2) is 14.1. The average Bonchev–Trinajstić information content (AvgIpc) is 3.76. The molecule has 1 unspecified atom stereocenters. The molecule has 45 heavy (non-hydrogen) atoms. The molecular formula is C33H44N3O7PSi. The number of aryl methyl sites for hydroxylation is 1. The smallest absolute Gasteiger partial charge is 0.330 e. The van der Waals surface area contributed by atoms with Gasteiger partial charge in [0, 0.05) is 31.5 Å². The zero-order valence-electron chi connectivity index (χ0n) is 26.5. The van der Waals surface area contributed by atoms with Crippen molar-refractivity contribution in [1.82, 2.24) is 14.2 Å². The fourth-order valence-electron chi connectivity index (χ4n) is 6.99. The van der Waals surface area contributed by atoms with Crippen LogP contribution in [0.5, 0.6) is 0 Å². The van der Waals surface area contributed by atoms with Gasteiger partial charge in [-0.3, -0.25) is 14.3 Å². The molecule has 0 radical (unpaired) electrons. The van der Waals surface area contributed by atoms with Crippen LogP contribution in [-0.2, 0) is 23.3 Å². The van der Waals surface area contributed by atoms with Gasteiger partial charge in [-0.1, -0.05) is 84.5 Å². The number of hydrogen-bond acceptors (Lipinski definition) is 8. The Morgan fingerprint density at radius 2 is 1.69 bits per heavy atom. The quantitative estimate of drug-likeness (QED) is 0.180. The number of H-pyrrole nitrogens is 1. The predicted molar refractivity (Wildman–Crippen MR) is 177 cm³/mol. The van der Waals surface area contributed by atoms with Crippen molar-refractivity contribution in [3.63, 3.8) is 0 Å². The second-order valence-electron chi connectivity index (χ2n) is 12.4. The van der Waals surface area contributed by atoms with Crippen LogP contribution in [0.4, 0.5) is 0 Å². The van der Waals surface area contributed by atoms with Crippen LogP contribution in [0, 0.1) is 6.92 Å². The van der Waals surface area contributed by atoms with Gasteiger partial charge < -0.3 is 23.3 Å². The van der Waals surface area contributed by atoms with Crippen molar-refractivity contribution in [3.05, 3.63) is 93.3 Å². The van der Waals surface area contributed by atoms with Gasteiger partial charge in [0.2, 0.25) is 0 Å². The first kappa shape index (κ1) is 32.5. The Morgan fingerprint density at radius 1 is 1.00 bits per heavy atom. The Balaban J connectivity index is 1.28. The van der Waals surface area contributed by atoms with Crippen LogP contribution in [0.1, 0.15) is 38.0 Å². The summed E-state index contributed by atoms with van der Waals surface area (Å²) in [5, 5.41) is 2.79. The van der Waals surface area contributed by atoms with Crippen LogP contribution in [0.3, 0.4) is 0 Å². The van der Waals surface area contributed by atoms with E-state index in [4.69, 9.17) is 23.3 Å². The molecule has 0 bridgehead atoms. The van der Waals surface area contributed by atoms with Crippen molar-refractivity contribution in [2.75, 3.05) is 26.9 Å². The third kappa shape index (κ3) is 6.55. The molecule has 1 aromatic heterocycles. The molecule has 3 fully saturated rings. The molecule has 0 aliphatic carbocycles. The lowest BCUT2D eigenvalue weighted by atomic mass is 10.1. The number of nitrogens with one attached hydrogen (secondary N) is 1. The number of benzene rings is 2. The maximum atomic E-state index is 12.9. The number of rotatable bonds is 12. The van der Waals surface area contributed by atoms with Crippen molar-refractivity contribution in [2.45, 2.75) is 82.4 Å². The van der Waals surface area contributed by atoms with Gasteiger partial charge in [0.05, 0.1) is 25.4 Å². The number of nitrogens with zero attached hydrogens (tertiary/aromatic N) is 2. The van der Waals surface area contributed by atoms with Gasteiger partial charge >= 0.3 is 5.69 Å². The molecule has 3 saturated heterocycles. The van der Waals surface area contributed by atoms with Gasteiger partial charge in [0.15, 0.2) is 6.23 Å². The second-order valence-corrected chi connectivity index (χ2v) is 18.0. The Labute approximate surface area is 266 Å². The van der Waals surface area contributed by atoms with E-state index in [1.165, 1.54) is 21.1 Å². The summed E-state index contributed by atoms with van der Waals surface area (Å²) in [6.45, 7) is 7.77. The van der Waals surface area contributed by atoms with Crippen molar-refractivity contribution in [3.8, 4) is 0 Å². The monoisotopic (exact) mass is 653 g/mol. The highest BCUT2D eigenvalue weighted by Gasteiger charge is 2.54. The largest absolute Gasteiger partial charge is 0.382 e. The van der Waals surface area contributed by atoms with Crippen molar-refractivity contribution >= 4 is 27.0 Å². The highest BCUT2D eigenvalue weighted by Crippen LogP contribution is 2.59. The van der Waals surface area contributed by atoms with Gasteiger partial charge in [-0.05, 0) is 32.2 Å². The summed E-state index contributed by atoms with van der Waals surface area (Å²) in [5.41, 5.74) is -0.539. The third-order valence-electron chi connectivity index (χ3n) is 9.48. The Hall–Kier alpha value is -2.47. The minimum atomic E-state index is -2.15. The zero-order valence-corrected chi connectivity index (χ0v) is 28.4. The first-order chi connectivity index (χ1) is 21.8. The number of ether oxygens (including phenoxy) is 3. The van der Waals surface area contributed by atoms with E-state index in [1.54, 1.807) is 14.0 Å². The Kier molecular flexibility index (Phi) is 10.2. The van der Waals surface area contributed by atoms with E-state index in [0.29, 0.717) is 25.2 Å². The highest BCUT2D eigenvalue weighted by molar-refractivity contribution is 7.45. The van der Waals surface area contributed by atoms with Crippen LogP contribution < -0.4 is 21.6 Å². The van der Waals surface area contributed by atoms with E-state index < -0.39 is 46.3 Å². The lowest BCUT2D eigenvalue weighted by Crippen LogP contribution is -2.58. The van der Waals surface area contributed by atoms with E-state index in [2.05, 4.69) is 76.9 Å². The summed E-state index contributed by atoms with van der Waals surface area (Å²) in [6, 6.07) is 23.0. The average molecular weight is 654 g/mol. The molecule has 3 aromatic rings. The molecule has 0 spiro atoms. The van der Waals surface area contributed by atoms with Crippen LogP contribution >= 0.6 is 8.53 Å².